The van der Waals surface area contributed by atoms with Crippen LogP contribution in [0.3, 0.4) is 0 Å². The maximum absolute atomic E-state index is 10.3. The Hall–Kier alpha value is -0.521. The Kier molecular flexibility index (Phi) is 16.2. The average Bonchev–Trinajstić information content (AvgIpc) is 2.36. The van der Waals surface area contributed by atoms with E-state index in [1.54, 1.807) is 22.7 Å². The normalized spacial score (nSPS) is 10.9. The van der Waals surface area contributed by atoms with E-state index in [4.69, 9.17) is 10.2 Å². The molecule has 0 amide bonds. The Bertz CT molecular complexity index is 292. The van der Waals surface area contributed by atoms with E-state index in [-0.39, 0.29) is 32.6 Å². The van der Waals surface area contributed by atoms with Crippen LogP contribution < -0.4 is 0 Å². The van der Waals surface area contributed by atoms with Crippen LogP contribution >= 0.6 is 0 Å². The van der Waals surface area contributed by atoms with Crippen molar-refractivity contribution >= 4 is 33.1 Å². The molecule has 0 aliphatic heterocycles. The fourth-order valence-electron chi connectivity index (χ4n) is 1.34. The fourth-order valence-corrected chi connectivity index (χ4v) is 5.50. The first-order chi connectivity index (χ1) is 9.36. The molecular formula is C15H28O4Sn. The van der Waals surface area contributed by atoms with Gasteiger partial charge in [-0.3, -0.25) is 0 Å². The minimum absolute atomic E-state index is 0.0856. The first-order valence-corrected chi connectivity index (χ1v) is 11.3. The number of carbonyl (C=O) groups is 2. The number of aliphatic carboxylic acids is 2. The van der Waals surface area contributed by atoms with E-state index in [0.29, 0.717) is 6.08 Å². The average molecular weight is 391 g/mol. The second-order valence-electron chi connectivity index (χ2n) is 4.85. The molecule has 0 heterocycles. The van der Waals surface area contributed by atoms with Gasteiger partial charge in [0.25, 0.3) is 0 Å². The third kappa shape index (κ3) is 15.5. The fraction of sp³-hybridized carbons (Fsp3) is 0.733. The summed E-state index contributed by atoms with van der Waals surface area (Å²) >= 11 is 0.149. The van der Waals surface area contributed by atoms with Crippen LogP contribution in [-0.2, 0) is 9.59 Å². The standard InChI is InChI=1S/C7H10O4.2C4H9.Sn/c1-4(2)5(7(10)11)3-6(8)9;2*1-3-4-2;/h3-4H,1-2H3,(H,8,9)(H,10,11);2*1,3-4H2,2H3;/b5-3-;;;. The Labute approximate surface area is 132 Å². The summed E-state index contributed by atoms with van der Waals surface area (Å²) < 4.78 is 3.25. The third-order valence-corrected chi connectivity index (χ3v) is 6.60. The summed E-state index contributed by atoms with van der Waals surface area (Å²) in [6.45, 7) is 7.84. The zero-order valence-corrected chi connectivity index (χ0v) is 16.0. The van der Waals surface area contributed by atoms with Gasteiger partial charge in [0.2, 0.25) is 0 Å². The Balaban J connectivity index is 0. The van der Waals surface area contributed by atoms with E-state index < -0.39 is 11.9 Å². The summed E-state index contributed by atoms with van der Waals surface area (Å²) in [5, 5.41) is 16.7. The van der Waals surface area contributed by atoms with Gasteiger partial charge in [-0.25, -0.2) is 9.59 Å². The molecule has 0 bridgehead atoms. The van der Waals surface area contributed by atoms with Gasteiger partial charge in [-0.2, -0.15) is 0 Å². The number of carboxylic acids is 2. The number of unbranched alkanes of at least 4 members (excludes halogenated alkanes) is 2. The van der Waals surface area contributed by atoms with Crippen molar-refractivity contribution in [3.05, 3.63) is 11.6 Å². The molecule has 0 aromatic heterocycles. The van der Waals surface area contributed by atoms with E-state index in [2.05, 4.69) is 13.8 Å². The number of hydrogen-bond acceptors (Lipinski definition) is 2. The molecule has 0 fully saturated rings. The van der Waals surface area contributed by atoms with Crippen LogP contribution in [-0.4, -0.2) is 43.3 Å². The third-order valence-electron chi connectivity index (χ3n) is 2.56. The zero-order valence-electron chi connectivity index (χ0n) is 13.1. The van der Waals surface area contributed by atoms with E-state index in [1.807, 2.05) is 0 Å². The predicted molar refractivity (Wildman–Crippen MR) is 83.4 cm³/mol. The number of carboxylic acid groups (broad SMARTS) is 2. The predicted octanol–water partition coefficient (Wildman–Crippen LogP) is 3.87. The van der Waals surface area contributed by atoms with Gasteiger partial charge >= 0.3 is 81.5 Å². The van der Waals surface area contributed by atoms with Crippen molar-refractivity contribution < 1.29 is 19.8 Å². The van der Waals surface area contributed by atoms with Gasteiger partial charge in [0.05, 0.1) is 0 Å². The van der Waals surface area contributed by atoms with Crippen molar-refractivity contribution in [3.8, 4) is 0 Å². The number of rotatable bonds is 9. The van der Waals surface area contributed by atoms with E-state index in [0.717, 1.165) is 0 Å². The molecule has 0 rings (SSSR count). The monoisotopic (exact) mass is 392 g/mol. The summed E-state index contributed by atoms with van der Waals surface area (Å²) in [6.07, 6.45) is 6.55. The first-order valence-electron chi connectivity index (χ1n) is 7.25. The Morgan fingerprint density at radius 3 is 1.70 bits per heavy atom. The minimum atomic E-state index is -1.23. The van der Waals surface area contributed by atoms with Crippen LogP contribution in [0.25, 0.3) is 0 Å². The van der Waals surface area contributed by atoms with Crippen molar-refractivity contribution in [2.75, 3.05) is 0 Å². The summed E-state index contributed by atoms with van der Waals surface area (Å²) in [5.74, 6) is -2.68. The van der Waals surface area contributed by atoms with Crippen molar-refractivity contribution in [2.45, 2.75) is 62.3 Å². The van der Waals surface area contributed by atoms with Crippen LogP contribution in [0.1, 0.15) is 53.4 Å². The van der Waals surface area contributed by atoms with Gasteiger partial charge < -0.3 is 10.2 Å². The van der Waals surface area contributed by atoms with E-state index in [1.165, 1.54) is 25.7 Å². The van der Waals surface area contributed by atoms with E-state index >= 15 is 0 Å². The van der Waals surface area contributed by atoms with Gasteiger partial charge in [0.1, 0.15) is 0 Å². The second-order valence-corrected chi connectivity index (χ2v) is 9.14. The number of hydrogen-bond donors (Lipinski definition) is 2. The molecule has 0 atom stereocenters. The van der Waals surface area contributed by atoms with Crippen LogP contribution in [0.4, 0.5) is 0 Å². The summed E-state index contributed by atoms with van der Waals surface area (Å²) in [7, 11) is 0. The molecule has 0 saturated heterocycles. The molecule has 0 aromatic rings. The Morgan fingerprint density at radius 1 is 1.05 bits per heavy atom. The van der Waals surface area contributed by atoms with Gasteiger partial charge in [-0.05, 0) is 5.92 Å². The first kappa shape index (κ1) is 21.8. The summed E-state index contributed by atoms with van der Waals surface area (Å²) in [5.41, 5.74) is -0.0856. The summed E-state index contributed by atoms with van der Waals surface area (Å²) in [6, 6.07) is 0. The van der Waals surface area contributed by atoms with Crippen molar-refractivity contribution in [1.29, 1.82) is 0 Å². The molecule has 0 saturated carbocycles. The van der Waals surface area contributed by atoms with Crippen LogP contribution in [0.15, 0.2) is 11.6 Å². The molecule has 0 aliphatic rings. The SMILES string of the molecule is CC(C)/C(=C/C(=O)O)C(=O)O.CCC[CH2][Sn][CH2]CCC. The van der Waals surface area contributed by atoms with Crippen molar-refractivity contribution in [2.24, 2.45) is 5.92 Å². The van der Waals surface area contributed by atoms with Crippen LogP contribution in [0.2, 0.25) is 8.87 Å². The van der Waals surface area contributed by atoms with Gasteiger partial charge in [0, 0.05) is 11.6 Å². The molecular weight excluding hydrogens is 363 g/mol. The van der Waals surface area contributed by atoms with Crippen LogP contribution in [0.5, 0.6) is 0 Å². The topological polar surface area (TPSA) is 74.6 Å². The van der Waals surface area contributed by atoms with Gasteiger partial charge in [-0.1, -0.05) is 13.8 Å². The van der Waals surface area contributed by atoms with E-state index in [9.17, 15) is 9.59 Å². The molecule has 5 heteroatoms. The Morgan fingerprint density at radius 2 is 1.50 bits per heavy atom. The molecule has 0 unspecified atom stereocenters. The summed E-state index contributed by atoms with van der Waals surface area (Å²) in [4.78, 5) is 20.4. The molecule has 2 N–H and O–H groups in total. The zero-order chi connectivity index (χ0) is 16.0. The molecule has 2 radical (unpaired) electrons. The van der Waals surface area contributed by atoms with Gasteiger partial charge in [0.15, 0.2) is 0 Å². The second kappa shape index (κ2) is 14.9. The molecule has 116 valence electrons. The molecule has 0 spiro atoms. The van der Waals surface area contributed by atoms with Crippen LogP contribution in [0, 0.1) is 5.92 Å². The quantitative estimate of drug-likeness (QED) is 0.356. The molecule has 20 heavy (non-hydrogen) atoms. The molecule has 0 aromatic carbocycles. The maximum atomic E-state index is 10.3. The van der Waals surface area contributed by atoms with Gasteiger partial charge in [-0.15, -0.1) is 0 Å². The van der Waals surface area contributed by atoms with Crippen molar-refractivity contribution in [1.82, 2.24) is 0 Å². The molecule has 4 nitrogen and oxygen atoms in total. The molecule has 0 aliphatic carbocycles. The van der Waals surface area contributed by atoms with Crippen molar-refractivity contribution in [3.63, 3.8) is 0 Å².